The van der Waals surface area contributed by atoms with Crippen LogP contribution in [-0.2, 0) is 13.0 Å². The van der Waals surface area contributed by atoms with Crippen LogP contribution in [0.25, 0.3) is 0 Å². The summed E-state index contributed by atoms with van der Waals surface area (Å²) in [7, 11) is 0. The quantitative estimate of drug-likeness (QED) is 0.691. The summed E-state index contributed by atoms with van der Waals surface area (Å²) in [6.45, 7) is 6.35. The van der Waals surface area contributed by atoms with Crippen molar-refractivity contribution >= 4 is 11.6 Å². The fraction of sp³-hybridized carbons (Fsp3) is 0.500. The monoisotopic (exact) mass is 398 g/mol. The molecule has 28 heavy (non-hydrogen) atoms. The maximum atomic E-state index is 6.04. The van der Waals surface area contributed by atoms with Gasteiger partial charge in [0.2, 0.25) is 0 Å². The van der Waals surface area contributed by atoms with Crippen LogP contribution in [0.3, 0.4) is 0 Å². The minimum Gasteiger partial charge on any atom is -0.494 e. The summed E-state index contributed by atoms with van der Waals surface area (Å²) in [5.41, 5.74) is 4.31. The van der Waals surface area contributed by atoms with Crippen molar-refractivity contribution in [2.45, 2.75) is 44.6 Å². The molecule has 4 rings (SSSR count). The van der Waals surface area contributed by atoms with Crippen LogP contribution >= 0.6 is 11.6 Å². The number of hydrogen-bond donors (Lipinski definition) is 1. The highest BCUT2D eigenvalue weighted by Crippen LogP contribution is 2.29. The first-order valence-electron chi connectivity index (χ1n) is 10.7. The van der Waals surface area contributed by atoms with E-state index in [1.165, 1.54) is 55.5 Å². The molecule has 0 saturated carbocycles. The zero-order valence-electron chi connectivity index (χ0n) is 16.6. The first kappa shape index (κ1) is 19.8. The van der Waals surface area contributed by atoms with Crippen LogP contribution in [-0.4, -0.2) is 37.7 Å². The number of ether oxygens (including phenoxy) is 1. The molecule has 3 nitrogen and oxygen atoms in total. The van der Waals surface area contributed by atoms with Gasteiger partial charge in [-0.3, -0.25) is 0 Å². The number of nitrogens with one attached hydrogen (secondary N) is 1. The first-order chi connectivity index (χ1) is 13.8. The number of aryl methyl sites for hydroxylation is 1. The van der Waals surface area contributed by atoms with Gasteiger partial charge in [-0.05, 0) is 98.6 Å². The Balaban J connectivity index is 1.17. The van der Waals surface area contributed by atoms with E-state index in [0.717, 1.165) is 43.4 Å². The second-order valence-corrected chi connectivity index (χ2v) is 8.52. The molecule has 150 valence electrons. The summed E-state index contributed by atoms with van der Waals surface area (Å²) >= 11 is 6.01. The molecular formula is C24H31ClN2O. The molecule has 0 atom stereocenters. The fourth-order valence-electron chi connectivity index (χ4n) is 4.43. The Hall–Kier alpha value is -1.55. The molecule has 1 fully saturated rings. The van der Waals surface area contributed by atoms with Gasteiger partial charge in [0.25, 0.3) is 0 Å². The van der Waals surface area contributed by atoms with Crippen LogP contribution in [0, 0.1) is 0 Å². The second kappa shape index (κ2) is 9.78. The van der Waals surface area contributed by atoms with Crippen molar-refractivity contribution in [1.82, 2.24) is 10.2 Å². The molecule has 2 aliphatic heterocycles. The lowest BCUT2D eigenvalue weighted by Gasteiger charge is -2.32. The smallest absolute Gasteiger partial charge is 0.119 e. The molecule has 0 unspecified atom stereocenters. The van der Waals surface area contributed by atoms with Gasteiger partial charge in [-0.2, -0.15) is 0 Å². The minimum absolute atomic E-state index is 0.679. The van der Waals surface area contributed by atoms with E-state index in [0.29, 0.717) is 5.92 Å². The molecule has 0 aromatic heterocycles. The summed E-state index contributed by atoms with van der Waals surface area (Å²) in [6, 6.07) is 15.0. The molecule has 0 radical (unpaired) electrons. The number of rotatable bonds is 6. The third kappa shape index (κ3) is 5.28. The van der Waals surface area contributed by atoms with E-state index in [2.05, 4.69) is 40.5 Å². The Bertz CT molecular complexity index is 754. The van der Waals surface area contributed by atoms with Gasteiger partial charge in [0.1, 0.15) is 5.75 Å². The maximum Gasteiger partial charge on any atom is 0.119 e. The van der Waals surface area contributed by atoms with Gasteiger partial charge in [0.05, 0.1) is 6.61 Å². The van der Waals surface area contributed by atoms with Crippen molar-refractivity contribution in [3.05, 3.63) is 64.2 Å². The molecule has 0 amide bonds. The lowest BCUT2D eigenvalue weighted by molar-refractivity contribution is 0.193. The molecule has 2 aliphatic rings. The molecule has 0 bridgehead atoms. The van der Waals surface area contributed by atoms with Crippen LogP contribution < -0.4 is 10.1 Å². The van der Waals surface area contributed by atoms with Crippen LogP contribution in [0.4, 0.5) is 0 Å². The fourth-order valence-corrected chi connectivity index (χ4v) is 4.56. The van der Waals surface area contributed by atoms with E-state index in [-0.39, 0.29) is 0 Å². The Labute approximate surface area is 174 Å². The minimum atomic E-state index is 0.679. The number of fused-ring (bicyclic) bond motifs is 1. The number of piperidine rings is 1. The topological polar surface area (TPSA) is 24.5 Å². The highest BCUT2D eigenvalue weighted by molar-refractivity contribution is 6.30. The normalized spacial score (nSPS) is 18.5. The predicted octanol–water partition coefficient (Wildman–Crippen LogP) is 5.02. The number of hydrogen-bond acceptors (Lipinski definition) is 3. The average Bonchev–Trinajstić information content (AvgIpc) is 2.97. The van der Waals surface area contributed by atoms with Gasteiger partial charge in [0, 0.05) is 18.1 Å². The van der Waals surface area contributed by atoms with Crippen LogP contribution in [0.5, 0.6) is 5.75 Å². The summed E-state index contributed by atoms with van der Waals surface area (Å²) in [6.07, 6.45) is 5.96. The Morgan fingerprint density at radius 2 is 1.86 bits per heavy atom. The van der Waals surface area contributed by atoms with Crippen molar-refractivity contribution in [1.29, 1.82) is 0 Å². The summed E-state index contributed by atoms with van der Waals surface area (Å²) in [4.78, 5) is 2.58. The number of likely N-dealkylation sites (tertiary alicyclic amines) is 1. The highest BCUT2D eigenvalue weighted by atomic mass is 35.5. The summed E-state index contributed by atoms with van der Waals surface area (Å²) < 4.78 is 6.04. The van der Waals surface area contributed by atoms with Gasteiger partial charge in [0.15, 0.2) is 0 Å². The van der Waals surface area contributed by atoms with E-state index in [1.807, 2.05) is 12.1 Å². The number of nitrogens with zero attached hydrogens (tertiary/aromatic N) is 1. The second-order valence-electron chi connectivity index (χ2n) is 8.08. The molecule has 0 aliphatic carbocycles. The van der Waals surface area contributed by atoms with E-state index in [9.17, 15) is 0 Å². The third-order valence-corrected chi connectivity index (χ3v) is 6.36. The molecular weight excluding hydrogens is 368 g/mol. The van der Waals surface area contributed by atoms with Crippen molar-refractivity contribution in [3.63, 3.8) is 0 Å². The molecule has 1 N–H and O–H groups in total. The Morgan fingerprint density at radius 1 is 1.04 bits per heavy atom. The van der Waals surface area contributed by atoms with Crippen LogP contribution in [0.15, 0.2) is 42.5 Å². The maximum absolute atomic E-state index is 6.04. The standard InChI is InChI=1S/C24H31ClN2O/c25-23-7-4-20(5-8-23)21-10-14-27(15-11-21)13-2-16-28-24-9-6-19-3-1-12-26-18-22(19)17-24/h4-9,17,21,26H,1-3,10-16,18H2. The van der Waals surface area contributed by atoms with Gasteiger partial charge in [-0.15, -0.1) is 0 Å². The number of halogens is 1. The van der Waals surface area contributed by atoms with Crippen molar-refractivity contribution in [2.75, 3.05) is 32.8 Å². The van der Waals surface area contributed by atoms with Gasteiger partial charge < -0.3 is 15.0 Å². The lowest BCUT2D eigenvalue weighted by atomic mass is 9.89. The third-order valence-electron chi connectivity index (χ3n) is 6.11. The number of benzene rings is 2. The van der Waals surface area contributed by atoms with Crippen molar-refractivity contribution in [2.24, 2.45) is 0 Å². The molecule has 2 heterocycles. The van der Waals surface area contributed by atoms with E-state index in [4.69, 9.17) is 16.3 Å². The average molecular weight is 399 g/mol. The van der Waals surface area contributed by atoms with Crippen LogP contribution in [0.2, 0.25) is 5.02 Å². The first-order valence-corrected chi connectivity index (χ1v) is 11.1. The SMILES string of the molecule is Clc1ccc(C2CCN(CCCOc3ccc4c(c3)CNCCC4)CC2)cc1. The zero-order chi connectivity index (χ0) is 19.2. The van der Waals surface area contributed by atoms with Crippen molar-refractivity contribution in [3.8, 4) is 5.75 Å². The summed E-state index contributed by atoms with van der Waals surface area (Å²) in [5, 5.41) is 4.32. The van der Waals surface area contributed by atoms with Gasteiger partial charge in [-0.1, -0.05) is 29.8 Å². The Morgan fingerprint density at radius 3 is 2.68 bits per heavy atom. The molecule has 2 aromatic rings. The highest BCUT2D eigenvalue weighted by Gasteiger charge is 2.20. The summed E-state index contributed by atoms with van der Waals surface area (Å²) in [5.74, 6) is 1.70. The molecule has 0 spiro atoms. The van der Waals surface area contributed by atoms with E-state index in [1.54, 1.807) is 0 Å². The molecule has 1 saturated heterocycles. The molecule has 2 aromatic carbocycles. The molecule has 4 heteroatoms. The predicted molar refractivity (Wildman–Crippen MR) is 116 cm³/mol. The lowest BCUT2D eigenvalue weighted by Crippen LogP contribution is -2.34. The Kier molecular flexibility index (Phi) is 6.90. The van der Waals surface area contributed by atoms with Gasteiger partial charge in [-0.25, -0.2) is 0 Å². The van der Waals surface area contributed by atoms with Crippen molar-refractivity contribution < 1.29 is 4.74 Å². The van der Waals surface area contributed by atoms with E-state index < -0.39 is 0 Å². The van der Waals surface area contributed by atoms with Gasteiger partial charge >= 0.3 is 0 Å². The largest absolute Gasteiger partial charge is 0.494 e. The zero-order valence-corrected chi connectivity index (χ0v) is 17.4. The van der Waals surface area contributed by atoms with Crippen LogP contribution in [0.1, 0.15) is 48.3 Å². The van der Waals surface area contributed by atoms with E-state index >= 15 is 0 Å².